The average molecular weight is 496 g/mol. The minimum atomic E-state index is -5.94. The Morgan fingerprint density at radius 3 is 2.31 bits per heavy atom. The van der Waals surface area contributed by atoms with Crippen molar-refractivity contribution in [2.24, 2.45) is 7.05 Å². The van der Waals surface area contributed by atoms with E-state index in [1.165, 1.54) is 12.1 Å². The predicted molar refractivity (Wildman–Crippen MR) is 112 cm³/mol. The van der Waals surface area contributed by atoms with Gasteiger partial charge in [-0.25, -0.2) is 13.9 Å². The number of benzene rings is 1. The third-order valence-corrected chi connectivity index (χ3v) is 5.56. The Hall–Kier alpha value is -3.90. The summed E-state index contributed by atoms with van der Waals surface area (Å²) in [5, 5.41) is 10.4. The Morgan fingerprint density at radius 2 is 1.74 bits per heavy atom. The molecule has 35 heavy (non-hydrogen) atoms. The molecule has 0 aliphatic carbocycles. The Labute approximate surface area is 194 Å². The van der Waals surface area contributed by atoms with Gasteiger partial charge in [0.25, 0.3) is 5.91 Å². The number of carbonyl (C=O) groups excluding carboxylic acids is 1. The van der Waals surface area contributed by atoms with Gasteiger partial charge < -0.3 is 5.32 Å². The number of hydrogen-bond acceptors (Lipinski definition) is 4. The van der Waals surface area contributed by atoms with Crippen LogP contribution in [0.4, 0.5) is 26.3 Å². The molecule has 0 saturated carbocycles. The zero-order valence-corrected chi connectivity index (χ0v) is 18.5. The van der Waals surface area contributed by atoms with Crippen molar-refractivity contribution in [3.8, 4) is 11.3 Å². The van der Waals surface area contributed by atoms with E-state index in [-0.39, 0.29) is 15.8 Å². The minimum absolute atomic E-state index is 0.0981. The number of alkyl halides is 5. The highest BCUT2D eigenvalue weighted by molar-refractivity contribution is 5.93. The van der Waals surface area contributed by atoms with Crippen molar-refractivity contribution in [1.82, 2.24) is 29.7 Å². The molecule has 0 bridgehead atoms. The summed E-state index contributed by atoms with van der Waals surface area (Å²) in [6.45, 7) is 3.44. The van der Waals surface area contributed by atoms with Gasteiger partial charge in [0.2, 0.25) is 0 Å². The Bertz CT molecular complexity index is 1410. The van der Waals surface area contributed by atoms with Crippen LogP contribution in [0, 0.1) is 12.7 Å². The molecule has 0 spiro atoms. The number of halogens is 6. The van der Waals surface area contributed by atoms with Gasteiger partial charge in [-0.15, -0.1) is 0 Å². The summed E-state index contributed by atoms with van der Waals surface area (Å²) in [4.78, 5) is 16.8. The van der Waals surface area contributed by atoms with E-state index in [0.717, 1.165) is 23.9 Å². The zero-order valence-electron chi connectivity index (χ0n) is 18.5. The monoisotopic (exact) mass is 496 g/mol. The second-order valence-corrected chi connectivity index (χ2v) is 7.91. The number of rotatable bonds is 5. The van der Waals surface area contributed by atoms with Gasteiger partial charge in [-0.2, -0.15) is 32.1 Å². The van der Waals surface area contributed by atoms with Crippen LogP contribution in [0.25, 0.3) is 16.9 Å². The first-order valence-electron chi connectivity index (χ1n) is 10.2. The van der Waals surface area contributed by atoms with E-state index in [2.05, 4.69) is 20.5 Å². The molecule has 1 aromatic carbocycles. The molecule has 0 aliphatic rings. The van der Waals surface area contributed by atoms with Crippen LogP contribution in [0.5, 0.6) is 0 Å². The molecule has 1 amide bonds. The summed E-state index contributed by atoms with van der Waals surface area (Å²) < 4.78 is 83.8. The third-order valence-electron chi connectivity index (χ3n) is 5.56. The van der Waals surface area contributed by atoms with Crippen LogP contribution >= 0.6 is 0 Å². The molecule has 4 aromatic rings. The van der Waals surface area contributed by atoms with Crippen LogP contribution < -0.4 is 5.32 Å². The minimum Gasteiger partial charge on any atom is -0.344 e. The van der Waals surface area contributed by atoms with Gasteiger partial charge in [-0.1, -0.05) is 0 Å². The smallest absolute Gasteiger partial charge is 0.344 e. The molecular weight excluding hydrogens is 478 g/mol. The lowest BCUT2D eigenvalue weighted by atomic mass is 10.1. The van der Waals surface area contributed by atoms with E-state index < -0.39 is 46.9 Å². The molecule has 0 aliphatic heterocycles. The summed E-state index contributed by atoms with van der Waals surface area (Å²) in [5.74, 6) is -6.75. The molecule has 0 radical (unpaired) electrons. The molecule has 3 heterocycles. The maximum Gasteiger partial charge on any atom is 0.459 e. The lowest BCUT2D eigenvalue weighted by molar-refractivity contribution is -0.291. The van der Waals surface area contributed by atoms with E-state index >= 15 is 0 Å². The molecule has 1 atom stereocenters. The Kier molecular flexibility index (Phi) is 5.81. The molecule has 1 unspecified atom stereocenters. The topological polar surface area (TPSA) is 77.1 Å². The highest BCUT2D eigenvalue weighted by Crippen LogP contribution is 2.44. The number of amides is 1. The fourth-order valence-corrected chi connectivity index (χ4v) is 3.51. The summed E-state index contributed by atoms with van der Waals surface area (Å²) >= 11 is 0. The fraction of sp³-hybridized carbons (Fsp3) is 0.273. The molecule has 184 valence electrons. The van der Waals surface area contributed by atoms with Gasteiger partial charge in [0.1, 0.15) is 11.5 Å². The fourth-order valence-electron chi connectivity index (χ4n) is 3.51. The summed E-state index contributed by atoms with van der Waals surface area (Å²) in [7, 11) is 1.71. The number of hydrogen-bond donors (Lipinski definition) is 1. The first kappa shape index (κ1) is 24.2. The van der Waals surface area contributed by atoms with Crippen LogP contribution in [0.1, 0.15) is 40.4 Å². The molecule has 1 N–H and O–H groups in total. The van der Waals surface area contributed by atoms with Crippen LogP contribution in [-0.4, -0.2) is 36.5 Å². The largest absolute Gasteiger partial charge is 0.459 e. The number of nitrogens with one attached hydrogen (secondary N) is 1. The molecule has 0 fully saturated rings. The normalized spacial score (nSPS) is 13.3. The Balaban J connectivity index is 1.80. The van der Waals surface area contributed by atoms with Crippen molar-refractivity contribution in [2.75, 3.05) is 0 Å². The quantitative estimate of drug-likeness (QED) is 0.406. The highest BCUT2D eigenvalue weighted by atomic mass is 19.4. The third kappa shape index (κ3) is 4.33. The standard InChI is InChI=1S/C22H18F6N6O/c1-11(15-10-29-33(3)12(15)2)30-20(35)17-9-19-31-16(13-4-6-14(23)7-5-13)8-18(34(19)32-17)21(24,25)22(26,27)28/h4-11H,1-3H3,(H,30,35). The summed E-state index contributed by atoms with van der Waals surface area (Å²) in [6.07, 6.45) is -4.40. The average Bonchev–Trinajstić information content (AvgIpc) is 3.36. The number of fused-ring (bicyclic) bond motifs is 1. The number of aryl methyl sites for hydroxylation is 1. The Morgan fingerprint density at radius 1 is 1.09 bits per heavy atom. The number of nitrogens with zero attached hydrogens (tertiary/aromatic N) is 5. The van der Waals surface area contributed by atoms with Gasteiger partial charge in [-0.3, -0.25) is 9.48 Å². The molecule has 7 nitrogen and oxygen atoms in total. The van der Waals surface area contributed by atoms with E-state index in [0.29, 0.717) is 11.6 Å². The van der Waals surface area contributed by atoms with Crippen molar-refractivity contribution >= 4 is 11.6 Å². The summed E-state index contributed by atoms with van der Waals surface area (Å²) in [6, 6.07) is 5.36. The van der Waals surface area contributed by atoms with Gasteiger partial charge in [0.05, 0.1) is 17.9 Å². The van der Waals surface area contributed by atoms with E-state index in [4.69, 9.17) is 0 Å². The second kappa shape index (κ2) is 8.40. The van der Waals surface area contributed by atoms with E-state index in [9.17, 15) is 31.1 Å². The predicted octanol–water partition coefficient (Wildman–Crippen LogP) is 4.72. The van der Waals surface area contributed by atoms with Crippen LogP contribution in [0.15, 0.2) is 42.6 Å². The molecule has 4 rings (SSSR count). The molecule has 3 aromatic heterocycles. The highest BCUT2D eigenvalue weighted by Gasteiger charge is 2.60. The second-order valence-electron chi connectivity index (χ2n) is 7.91. The first-order valence-corrected chi connectivity index (χ1v) is 10.2. The van der Waals surface area contributed by atoms with Crippen molar-refractivity contribution in [1.29, 1.82) is 0 Å². The SMILES string of the molecule is Cc1c(C(C)NC(=O)c2cc3nc(-c4ccc(F)cc4)cc(C(F)(F)C(F)(F)F)n3n2)cnn1C. The lowest BCUT2D eigenvalue weighted by Crippen LogP contribution is -2.36. The van der Waals surface area contributed by atoms with Gasteiger partial charge in [0.15, 0.2) is 11.3 Å². The van der Waals surface area contributed by atoms with Gasteiger partial charge in [-0.05, 0) is 44.2 Å². The van der Waals surface area contributed by atoms with E-state index in [1.807, 2.05) is 0 Å². The first-order chi connectivity index (χ1) is 16.3. The van der Waals surface area contributed by atoms with E-state index in [1.54, 1.807) is 31.8 Å². The zero-order chi connectivity index (χ0) is 25.7. The van der Waals surface area contributed by atoms with Crippen LogP contribution in [0.3, 0.4) is 0 Å². The van der Waals surface area contributed by atoms with Gasteiger partial charge in [0, 0.05) is 29.9 Å². The molecule has 13 heteroatoms. The van der Waals surface area contributed by atoms with Crippen LogP contribution in [0.2, 0.25) is 0 Å². The maximum atomic E-state index is 14.5. The maximum absolute atomic E-state index is 14.5. The van der Waals surface area contributed by atoms with Crippen molar-refractivity contribution in [2.45, 2.75) is 32.0 Å². The van der Waals surface area contributed by atoms with Crippen molar-refractivity contribution < 1.29 is 31.1 Å². The lowest BCUT2D eigenvalue weighted by Gasteiger charge is -2.21. The van der Waals surface area contributed by atoms with Crippen LogP contribution in [-0.2, 0) is 13.0 Å². The summed E-state index contributed by atoms with van der Waals surface area (Å²) in [5.41, 5.74) is -1.09. The number of carbonyl (C=O) groups is 1. The van der Waals surface area contributed by atoms with Crippen molar-refractivity contribution in [3.63, 3.8) is 0 Å². The number of aromatic nitrogens is 5. The van der Waals surface area contributed by atoms with Crippen molar-refractivity contribution in [3.05, 3.63) is 71.1 Å². The van der Waals surface area contributed by atoms with Gasteiger partial charge >= 0.3 is 12.1 Å². The molecule has 0 saturated heterocycles. The molecular formula is C22H18F6N6O.